The lowest BCUT2D eigenvalue weighted by atomic mass is 10.2. The van der Waals surface area contributed by atoms with E-state index >= 15 is 0 Å². The van der Waals surface area contributed by atoms with Gasteiger partial charge in [0, 0.05) is 6.20 Å². The number of para-hydroxylation sites is 1. The van der Waals surface area contributed by atoms with E-state index in [-0.39, 0.29) is 17.3 Å². The van der Waals surface area contributed by atoms with Crippen LogP contribution in [0.25, 0.3) is 10.2 Å². The van der Waals surface area contributed by atoms with Crippen LogP contribution in [-0.4, -0.2) is 20.4 Å². The van der Waals surface area contributed by atoms with Gasteiger partial charge in [-0.25, -0.2) is 9.78 Å². The minimum absolute atomic E-state index is 0.271. The van der Waals surface area contributed by atoms with Crippen LogP contribution in [0.4, 0.5) is 5.13 Å². The number of aromatic nitrogens is 3. The molecule has 7 heteroatoms. The third kappa shape index (κ3) is 3.09. The van der Waals surface area contributed by atoms with Crippen molar-refractivity contribution in [3.8, 4) is 0 Å². The lowest BCUT2D eigenvalue weighted by Gasteiger charge is -2.07. The first kappa shape index (κ1) is 15.3. The molecule has 4 aromatic rings. The van der Waals surface area contributed by atoms with Gasteiger partial charge in [0.05, 0.1) is 16.8 Å². The number of hydrogen-bond acceptors (Lipinski definition) is 4. The molecule has 124 valence electrons. The highest BCUT2D eigenvalue weighted by Crippen LogP contribution is 2.25. The molecule has 0 saturated heterocycles. The number of nitrogens with one attached hydrogen (secondary N) is 2. The van der Waals surface area contributed by atoms with Gasteiger partial charge < -0.3 is 4.98 Å². The van der Waals surface area contributed by atoms with Gasteiger partial charge in [-0.05, 0) is 17.7 Å². The molecule has 0 radical (unpaired) electrons. The highest BCUT2D eigenvalue weighted by molar-refractivity contribution is 7.22. The van der Waals surface area contributed by atoms with Crippen molar-refractivity contribution in [3.05, 3.63) is 82.5 Å². The van der Waals surface area contributed by atoms with E-state index in [1.807, 2.05) is 54.6 Å². The van der Waals surface area contributed by atoms with Crippen molar-refractivity contribution in [1.29, 1.82) is 0 Å². The number of fused-ring (bicyclic) bond motifs is 1. The van der Waals surface area contributed by atoms with Gasteiger partial charge in [-0.15, -0.1) is 0 Å². The molecule has 1 amide bonds. The molecule has 0 aliphatic rings. The molecule has 6 nitrogen and oxygen atoms in total. The van der Waals surface area contributed by atoms with Gasteiger partial charge in [0.15, 0.2) is 5.13 Å². The van der Waals surface area contributed by atoms with Crippen LogP contribution in [0, 0.1) is 0 Å². The van der Waals surface area contributed by atoms with Crippen LogP contribution in [0.15, 0.2) is 65.6 Å². The molecular formula is C18H14N4O2S. The van der Waals surface area contributed by atoms with Crippen LogP contribution in [0.2, 0.25) is 0 Å². The van der Waals surface area contributed by atoms with E-state index in [4.69, 9.17) is 0 Å². The first-order valence-corrected chi connectivity index (χ1v) is 8.51. The van der Waals surface area contributed by atoms with Gasteiger partial charge in [-0.1, -0.05) is 53.8 Å². The third-order valence-electron chi connectivity index (χ3n) is 3.80. The summed E-state index contributed by atoms with van der Waals surface area (Å²) in [6, 6.07) is 17.2. The molecule has 0 fully saturated rings. The first-order chi connectivity index (χ1) is 12.2. The van der Waals surface area contributed by atoms with Crippen molar-refractivity contribution >= 4 is 32.6 Å². The average Bonchev–Trinajstić information content (AvgIpc) is 3.19. The number of rotatable bonds is 4. The van der Waals surface area contributed by atoms with E-state index in [2.05, 4.69) is 15.3 Å². The summed E-state index contributed by atoms with van der Waals surface area (Å²) in [4.78, 5) is 31.6. The Kier molecular flexibility index (Phi) is 3.91. The molecule has 0 spiro atoms. The molecule has 0 aliphatic heterocycles. The number of amides is 1. The quantitative estimate of drug-likeness (QED) is 0.593. The average molecular weight is 350 g/mol. The normalized spacial score (nSPS) is 10.9. The minimum Gasteiger partial charge on any atom is -0.312 e. The van der Waals surface area contributed by atoms with Gasteiger partial charge in [0.2, 0.25) is 0 Å². The fourth-order valence-corrected chi connectivity index (χ4v) is 3.45. The Hall–Kier alpha value is -3.19. The van der Waals surface area contributed by atoms with Crippen LogP contribution in [-0.2, 0) is 6.54 Å². The molecule has 0 unspecified atom stereocenters. The number of carbonyl (C=O) groups is 1. The molecule has 0 saturated carbocycles. The molecule has 2 heterocycles. The van der Waals surface area contributed by atoms with Crippen molar-refractivity contribution in [2.75, 3.05) is 5.32 Å². The Morgan fingerprint density at radius 1 is 1.12 bits per heavy atom. The molecule has 25 heavy (non-hydrogen) atoms. The van der Waals surface area contributed by atoms with E-state index < -0.39 is 0 Å². The molecule has 0 atom stereocenters. The molecule has 2 aromatic heterocycles. The second-order valence-corrected chi connectivity index (χ2v) is 6.52. The number of anilines is 1. The summed E-state index contributed by atoms with van der Waals surface area (Å²) < 4.78 is 2.41. The predicted octanol–water partition coefficient (Wildman–Crippen LogP) is 3.09. The zero-order chi connectivity index (χ0) is 17.2. The second-order valence-electron chi connectivity index (χ2n) is 5.49. The Bertz CT molecular complexity index is 1060. The number of H-pyrrole nitrogens is 1. The fourth-order valence-electron chi connectivity index (χ4n) is 2.59. The summed E-state index contributed by atoms with van der Waals surface area (Å²) >= 11 is 1.40. The Balaban J connectivity index is 1.61. The first-order valence-electron chi connectivity index (χ1n) is 7.70. The number of thiazole rings is 1. The summed E-state index contributed by atoms with van der Waals surface area (Å²) in [6.07, 6.45) is 1.42. The SMILES string of the molecule is O=C(Nc1nc2ccccc2s1)c1c[nH]c(=O)n1Cc1ccccc1. The smallest absolute Gasteiger partial charge is 0.312 e. The molecule has 2 N–H and O–H groups in total. The summed E-state index contributed by atoms with van der Waals surface area (Å²) in [5.74, 6) is -0.367. The van der Waals surface area contributed by atoms with Crippen molar-refractivity contribution in [2.24, 2.45) is 0 Å². The van der Waals surface area contributed by atoms with Gasteiger partial charge >= 0.3 is 5.69 Å². The van der Waals surface area contributed by atoms with Crippen molar-refractivity contribution in [3.63, 3.8) is 0 Å². The highest BCUT2D eigenvalue weighted by atomic mass is 32.1. The number of hydrogen-bond donors (Lipinski definition) is 2. The number of nitrogens with zero attached hydrogens (tertiary/aromatic N) is 2. The van der Waals surface area contributed by atoms with Crippen LogP contribution in [0.1, 0.15) is 16.1 Å². The van der Waals surface area contributed by atoms with Gasteiger partial charge in [0.25, 0.3) is 5.91 Å². The van der Waals surface area contributed by atoms with E-state index in [1.165, 1.54) is 22.1 Å². The van der Waals surface area contributed by atoms with Gasteiger partial charge in [0.1, 0.15) is 5.69 Å². The van der Waals surface area contributed by atoms with Crippen LogP contribution in [0.5, 0.6) is 0 Å². The van der Waals surface area contributed by atoms with Crippen molar-refractivity contribution < 1.29 is 4.79 Å². The van der Waals surface area contributed by atoms with Crippen molar-refractivity contribution in [2.45, 2.75) is 6.54 Å². The van der Waals surface area contributed by atoms with E-state index in [0.29, 0.717) is 11.7 Å². The number of carbonyl (C=O) groups excluding carboxylic acids is 1. The highest BCUT2D eigenvalue weighted by Gasteiger charge is 2.16. The number of imidazole rings is 1. The summed E-state index contributed by atoms with van der Waals surface area (Å²) in [6.45, 7) is 0.325. The van der Waals surface area contributed by atoms with Crippen LogP contribution >= 0.6 is 11.3 Å². The van der Waals surface area contributed by atoms with Crippen LogP contribution in [0.3, 0.4) is 0 Å². The van der Waals surface area contributed by atoms with Crippen LogP contribution < -0.4 is 11.0 Å². The Labute approximate surface area is 146 Å². The standard InChI is InChI=1S/C18H14N4O2S/c23-16(21-17-20-13-8-4-5-9-15(13)25-17)14-10-19-18(24)22(14)11-12-6-2-1-3-7-12/h1-10H,11H2,(H,19,24)(H,20,21,23). The number of benzene rings is 2. The minimum atomic E-state index is -0.367. The summed E-state index contributed by atoms with van der Waals surface area (Å²) in [5.41, 5.74) is 1.73. The lowest BCUT2D eigenvalue weighted by Crippen LogP contribution is -2.24. The zero-order valence-corrected chi connectivity index (χ0v) is 13.9. The summed E-state index contributed by atoms with van der Waals surface area (Å²) in [5, 5.41) is 3.28. The molecule has 2 aromatic carbocycles. The maximum atomic E-state index is 12.6. The molecule has 0 aliphatic carbocycles. The maximum Gasteiger partial charge on any atom is 0.326 e. The zero-order valence-electron chi connectivity index (χ0n) is 13.1. The van der Waals surface area contributed by atoms with E-state index in [1.54, 1.807) is 0 Å². The lowest BCUT2D eigenvalue weighted by molar-refractivity contribution is 0.101. The van der Waals surface area contributed by atoms with Gasteiger partial charge in [-0.3, -0.25) is 14.7 Å². The second kappa shape index (κ2) is 6.37. The third-order valence-corrected chi connectivity index (χ3v) is 4.75. The largest absolute Gasteiger partial charge is 0.326 e. The van der Waals surface area contributed by atoms with E-state index in [9.17, 15) is 9.59 Å². The Morgan fingerprint density at radius 3 is 2.68 bits per heavy atom. The fraction of sp³-hybridized carbons (Fsp3) is 0.0556. The molecular weight excluding hydrogens is 336 g/mol. The predicted molar refractivity (Wildman–Crippen MR) is 98.2 cm³/mol. The monoisotopic (exact) mass is 350 g/mol. The molecule has 4 rings (SSSR count). The van der Waals surface area contributed by atoms with Crippen molar-refractivity contribution in [1.82, 2.24) is 14.5 Å². The van der Waals surface area contributed by atoms with Gasteiger partial charge in [-0.2, -0.15) is 0 Å². The van der Waals surface area contributed by atoms with E-state index in [0.717, 1.165) is 15.8 Å². The Morgan fingerprint density at radius 2 is 1.88 bits per heavy atom. The molecule has 0 bridgehead atoms. The number of aromatic amines is 1. The maximum absolute atomic E-state index is 12.6. The summed E-state index contributed by atoms with van der Waals surface area (Å²) in [7, 11) is 0. The topological polar surface area (TPSA) is 79.8 Å².